The van der Waals surface area contributed by atoms with Crippen LogP contribution in [0.4, 0.5) is 21.3 Å². The van der Waals surface area contributed by atoms with Gasteiger partial charge in [0.25, 0.3) is 0 Å². The molecule has 2 amide bonds. The fourth-order valence-corrected chi connectivity index (χ4v) is 5.27. The molecule has 1 fully saturated rings. The number of likely N-dealkylation sites (tertiary alicyclic amines) is 1. The van der Waals surface area contributed by atoms with Gasteiger partial charge in [-0.3, -0.25) is 4.90 Å². The van der Waals surface area contributed by atoms with Crippen molar-refractivity contribution in [1.29, 1.82) is 0 Å². The van der Waals surface area contributed by atoms with Gasteiger partial charge in [-0.15, -0.1) is 0 Å². The maximum atomic E-state index is 12.2. The summed E-state index contributed by atoms with van der Waals surface area (Å²) in [7, 11) is 0. The van der Waals surface area contributed by atoms with E-state index in [1.54, 1.807) is 35.6 Å². The van der Waals surface area contributed by atoms with E-state index in [1.165, 1.54) is 32.4 Å². The van der Waals surface area contributed by atoms with E-state index in [-0.39, 0.29) is 6.03 Å². The van der Waals surface area contributed by atoms with Crippen LogP contribution < -0.4 is 20.7 Å². The minimum Gasteiger partial charge on any atom is -0.492 e. The molecule has 5 rings (SSSR count). The molecule has 37 heavy (non-hydrogen) atoms. The first-order chi connectivity index (χ1) is 18.1. The number of rotatable bonds is 9. The molecule has 0 spiro atoms. The Morgan fingerprint density at radius 3 is 2.38 bits per heavy atom. The lowest BCUT2D eigenvalue weighted by molar-refractivity contribution is 0.183. The lowest BCUT2D eigenvalue weighted by Gasteiger charge is -2.26. The number of halogens is 1. The Balaban J connectivity index is 1.09. The first kappa shape index (κ1) is 25.3. The number of piperidine rings is 1. The first-order valence-electron chi connectivity index (χ1n) is 12.5. The third-order valence-corrected chi connectivity index (χ3v) is 7.47. The second-order valence-electron chi connectivity index (χ2n) is 9.04. The molecular formula is C28H30ClN5O2S. The third-order valence-electron chi connectivity index (χ3n) is 6.24. The van der Waals surface area contributed by atoms with E-state index in [0.717, 1.165) is 33.2 Å². The largest absolute Gasteiger partial charge is 0.492 e. The summed E-state index contributed by atoms with van der Waals surface area (Å²) in [5.41, 5.74) is 3.43. The highest BCUT2D eigenvalue weighted by Crippen LogP contribution is 2.29. The number of nitrogens with zero attached hydrogens (tertiary/aromatic N) is 2. The Hall–Kier alpha value is -3.33. The summed E-state index contributed by atoms with van der Waals surface area (Å²) < 4.78 is 7.11. The summed E-state index contributed by atoms with van der Waals surface area (Å²) in [5.74, 6) is 0.892. The number of amides is 2. The number of hydrogen-bond acceptors (Lipinski definition) is 6. The summed E-state index contributed by atoms with van der Waals surface area (Å²) in [4.78, 5) is 19.4. The van der Waals surface area contributed by atoms with E-state index in [1.807, 2.05) is 36.4 Å². The number of carbonyl (C=O) groups excluding carboxylic acids is 1. The zero-order chi connectivity index (χ0) is 25.5. The number of hydrogen-bond donors (Lipinski definition) is 3. The van der Waals surface area contributed by atoms with Crippen molar-refractivity contribution in [3.8, 4) is 5.75 Å². The van der Waals surface area contributed by atoms with Crippen LogP contribution in [0, 0.1) is 0 Å². The Morgan fingerprint density at radius 2 is 1.65 bits per heavy atom. The average Bonchev–Trinajstić information content (AvgIpc) is 3.32. The number of fused-ring (bicyclic) bond motifs is 1. The molecule has 2 heterocycles. The van der Waals surface area contributed by atoms with Crippen LogP contribution >= 0.6 is 22.9 Å². The molecule has 7 nitrogen and oxygen atoms in total. The Bertz CT molecular complexity index is 1320. The molecule has 9 heteroatoms. The van der Waals surface area contributed by atoms with Gasteiger partial charge in [0.15, 0.2) is 5.13 Å². The predicted octanol–water partition coefficient (Wildman–Crippen LogP) is 7.07. The summed E-state index contributed by atoms with van der Waals surface area (Å²) in [6.45, 7) is 4.70. The highest BCUT2D eigenvalue weighted by molar-refractivity contribution is 7.22. The molecule has 0 bridgehead atoms. The summed E-state index contributed by atoms with van der Waals surface area (Å²) in [6, 6.07) is 20.5. The molecule has 1 aliphatic heterocycles. The van der Waals surface area contributed by atoms with Crippen LogP contribution in [-0.4, -0.2) is 42.2 Å². The van der Waals surface area contributed by atoms with Gasteiger partial charge in [0, 0.05) is 29.5 Å². The van der Waals surface area contributed by atoms with Gasteiger partial charge in [0.1, 0.15) is 12.4 Å². The van der Waals surface area contributed by atoms with Gasteiger partial charge in [-0.1, -0.05) is 41.5 Å². The molecule has 1 saturated heterocycles. The second-order valence-corrected chi connectivity index (χ2v) is 10.5. The lowest BCUT2D eigenvalue weighted by atomic mass is 10.1. The number of aromatic nitrogens is 1. The maximum absolute atomic E-state index is 12.2. The van der Waals surface area contributed by atoms with Gasteiger partial charge < -0.3 is 20.7 Å². The van der Waals surface area contributed by atoms with Gasteiger partial charge in [-0.25, -0.2) is 9.78 Å². The van der Waals surface area contributed by atoms with Crippen LogP contribution in [-0.2, 0) is 6.54 Å². The number of anilines is 3. The van der Waals surface area contributed by atoms with E-state index >= 15 is 0 Å². The highest BCUT2D eigenvalue weighted by Gasteiger charge is 2.10. The number of thiazole rings is 1. The van der Waals surface area contributed by atoms with Gasteiger partial charge in [-0.05, 0) is 86.1 Å². The van der Waals surface area contributed by atoms with Crippen molar-refractivity contribution >= 4 is 55.7 Å². The van der Waals surface area contributed by atoms with Crippen molar-refractivity contribution in [3.05, 3.63) is 77.3 Å². The van der Waals surface area contributed by atoms with Gasteiger partial charge in [0.2, 0.25) is 0 Å². The fraction of sp³-hybridized carbons (Fsp3) is 0.286. The van der Waals surface area contributed by atoms with E-state index in [0.29, 0.717) is 29.5 Å². The number of ether oxygens (including phenoxy) is 1. The van der Waals surface area contributed by atoms with Crippen LogP contribution in [0.3, 0.4) is 0 Å². The Morgan fingerprint density at radius 1 is 0.946 bits per heavy atom. The Labute approximate surface area is 225 Å². The summed E-state index contributed by atoms with van der Waals surface area (Å²) in [5, 5.41) is 10.5. The Kier molecular flexibility index (Phi) is 8.40. The van der Waals surface area contributed by atoms with E-state index in [4.69, 9.17) is 21.3 Å². The van der Waals surface area contributed by atoms with Gasteiger partial charge in [0.05, 0.1) is 10.2 Å². The smallest absolute Gasteiger partial charge is 0.323 e. The van der Waals surface area contributed by atoms with E-state index in [9.17, 15) is 4.79 Å². The van der Waals surface area contributed by atoms with E-state index < -0.39 is 0 Å². The zero-order valence-corrected chi connectivity index (χ0v) is 22.1. The maximum Gasteiger partial charge on any atom is 0.323 e. The van der Waals surface area contributed by atoms with Crippen molar-refractivity contribution in [2.45, 2.75) is 25.8 Å². The number of carbonyl (C=O) groups is 1. The van der Waals surface area contributed by atoms with Crippen molar-refractivity contribution in [3.63, 3.8) is 0 Å². The zero-order valence-electron chi connectivity index (χ0n) is 20.5. The molecule has 1 aliphatic rings. The van der Waals surface area contributed by atoms with E-state index in [2.05, 4.69) is 26.9 Å². The number of urea groups is 1. The molecule has 3 N–H and O–H groups in total. The van der Waals surface area contributed by atoms with Crippen molar-refractivity contribution in [2.24, 2.45) is 0 Å². The minimum atomic E-state index is -0.308. The SMILES string of the molecule is O=C(Nc1ccc(Cl)cc1)Nc1ccc(CNc2nc3ccc(OCCN4CCCCC4)cc3s2)cc1. The molecule has 0 saturated carbocycles. The summed E-state index contributed by atoms with van der Waals surface area (Å²) in [6.07, 6.45) is 3.95. The molecule has 0 unspecified atom stereocenters. The lowest BCUT2D eigenvalue weighted by Crippen LogP contribution is -2.33. The topological polar surface area (TPSA) is 78.5 Å². The van der Waals surface area contributed by atoms with Crippen LogP contribution in [0.25, 0.3) is 10.2 Å². The van der Waals surface area contributed by atoms with Crippen LogP contribution in [0.2, 0.25) is 5.02 Å². The second kappa shape index (κ2) is 12.3. The quantitative estimate of drug-likeness (QED) is 0.213. The number of nitrogens with one attached hydrogen (secondary N) is 3. The van der Waals surface area contributed by atoms with Crippen molar-refractivity contribution in [2.75, 3.05) is 42.2 Å². The molecule has 0 radical (unpaired) electrons. The minimum absolute atomic E-state index is 0.308. The normalized spacial score (nSPS) is 13.9. The van der Waals surface area contributed by atoms with Crippen LogP contribution in [0.15, 0.2) is 66.7 Å². The molecule has 1 aromatic heterocycles. The molecule has 192 valence electrons. The molecular weight excluding hydrogens is 506 g/mol. The number of benzene rings is 3. The molecule has 4 aromatic rings. The van der Waals surface area contributed by atoms with Gasteiger partial charge >= 0.3 is 6.03 Å². The van der Waals surface area contributed by atoms with Crippen LogP contribution in [0.1, 0.15) is 24.8 Å². The standard InChI is InChI=1S/C28H30ClN5O2S/c29-21-6-10-23(11-7-21)32-27(35)31-22-8-4-20(5-9-22)19-30-28-33-25-13-12-24(18-26(25)37-28)36-17-16-34-14-2-1-3-15-34/h4-13,18H,1-3,14-17,19H2,(H,30,33)(H2,31,32,35). The monoisotopic (exact) mass is 535 g/mol. The van der Waals surface area contributed by atoms with Crippen molar-refractivity contribution < 1.29 is 9.53 Å². The highest BCUT2D eigenvalue weighted by atomic mass is 35.5. The van der Waals surface area contributed by atoms with Crippen molar-refractivity contribution in [1.82, 2.24) is 9.88 Å². The van der Waals surface area contributed by atoms with Crippen LogP contribution in [0.5, 0.6) is 5.75 Å². The van der Waals surface area contributed by atoms with Gasteiger partial charge in [-0.2, -0.15) is 0 Å². The summed E-state index contributed by atoms with van der Waals surface area (Å²) >= 11 is 7.50. The molecule has 0 aliphatic carbocycles. The third kappa shape index (κ3) is 7.35. The fourth-order valence-electron chi connectivity index (χ4n) is 4.26. The molecule has 0 atom stereocenters. The first-order valence-corrected chi connectivity index (χ1v) is 13.7. The molecule has 3 aromatic carbocycles. The predicted molar refractivity (Wildman–Crippen MR) is 153 cm³/mol. The average molecular weight is 536 g/mol.